The lowest BCUT2D eigenvalue weighted by Crippen LogP contribution is -2.33. The molecule has 0 saturated carbocycles. The number of aromatic nitrogens is 1. The van der Waals surface area contributed by atoms with E-state index in [4.69, 9.17) is 5.73 Å². The topological polar surface area (TPSA) is 66.2 Å². The van der Waals surface area contributed by atoms with Crippen LogP contribution in [-0.4, -0.2) is 24.0 Å². The fourth-order valence-electron chi connectivity index (χ4n) is 2.26. The predicted molar refractivity (Wildman–Crippen MR) is 81.5 cm³/mol. The average molecular weight is 258 g/mol. The van der Waals surface area contributed by atoms with Crippen molar-refractivity contribution in [1.82, 2.24) is 10.3 Å². The van der Waals surface area contributed by atoms with Crippen molar-refractivity contribution in [2.75, 3.05) is 13.1 Å². The van der Waals surface area contributed by atoms with E-state index in [2.05, 4.69) is 53.4 Å². The quantitative estimate of drug-likeness (QED) is 0.569. The molecule has 0 spiro atoms. The second kappa shape index (κ2) is 6.27. The maximum Gasteiger partial charge on any atom is 0.188 e. The van der Waals surface area contributed by atoms with Crippen molar-refractivity contribution < 1.29 is 0 Å². The fraction of sp³-hybridized carbons (Fsp3) is 0.400. The summed E-state index contributed by atoms with van der Waals surface area (Å²) >= 11 is 0. The van der Waals surface area contributed by atoms with E-state index in [0.717, 1.165) is 25.9 Å². The summed E-state index contributed by atoms with van der Waals surface area (Å²) < 4.78 is 0. The molecule has 19 heavy (non-hydrogen) atoms. The van der Waals surface area contributed by atoms with Gasteiger partial charge in [-0.3, -0.25) is 4.99 Å². The van der Waals surface area contributed by atoms with Gasteiger partial charge in [0.15, 0.2) is 5.96 Å². The smallest absolute Gasteiger partial charge is 0.188 e. The van der Waals surface area contributed by atoms with Crippen LogP contribution in [0.15, 0.2) is 29.3 Å². The zero-order chi connectivity index (χ0) is 13.7. The zero-order valence-electron chi connectivity index (χ0n) is 11.7. The molecule has 2 rings (SSSR count). The van der Waals surface area contributed by atoms with Crippen LogP contribution in [0.3, 0.4) is 0 Å². The Kier molecular flexibility index (Phi) is 4.44. The van der Waals surface area contributed by atoms with E-state index in [9.17, 15) is 0 Å². The van der Waals surface area contributed by atoms with Gasteiger partial charge < -0.3 is 16.0 Å². The Balaban J connectivity index is 2.00. The number of aromatic amines is 1. The van der Waals surface area contributed by atoms with Gasteiger partial charge in [-0.25, -0.2) is 0 Å². The Labute approximate surface area is 114 Å². The first-order valence-electron chi connectivity index (χ1n) is 6.82. The van der Waals surface area contributed by atoms with Gasteiger partial charge in [0.2, 0.25) is 0 Å². The third kappa shape index (κ3) is 3.28. The van der Waals surface area contributed by atoms with E-state index >= 15 is 0 Å². The number of para-hydroxylation sites is 1. The highest BCUT2D eigenvalue weighted by Gasteiger charge is 2.07. The van der Waals surface area contributed by atoms with Crippen LogP contribution < -0.4 is 11.1 Å². The normalized spacial score (nSPS) is 12.0. The SMILES string of the molecule is CCCN=C(N)NCCc1c(C)[nH]c2ccccc12. The first-order valence-corrected chi connectivity index (χ1v) is 6.82. The van der Waals surface area contributed by atoms with Gasteiger partial charge in [0.05, 0.1) is 0 Å². The van der Waals surface area contributed by atoms with Gasteiger partial charge in [0.25, 0.3) is 0 Å². The Hall–Kier alpha value is -1.97. The zero-order valence-corrected chi connectivity index (χ0v) is 11.7. The first-order chi connectivity index (χ1) is 9.22. The van der Waals surface area contributed by atoms with Gasteiger partial charge >= 0.3 is 0 Å². The highest BCUT2D eigenvalue weighted by Crippen LogP contribution is 2.21. The summed E-state index contributed by atoms with van der Waals surface area (Å²) in [5.41, 5.74) is 9.56. The lowest BCUT2D eigenvalue weighted by atomic mass is 10.1. The van der Waals surface area contributed by atoms with E-state index in [-0.39, 0.29) is 0 Å². The summed E-state index contributed by atoms with van der Waals surface area (Å²) in [5.74, 6) is 0.541. The molecule has 0 atom stereocenters. The average Bonchev–Trinajstić information content (AvgIpc) is 2.73. The monoisotopic (exact) mass is 258 g/mol. The standard InChI is InChI=1S/C15H22N4/c1-3-9-17-15(16)18-10-8-12-11(2)19-14-7-5-4-6-13(12)14/h4-7,19H,3,8-10H2,1-2H3,(H3,16,17,18). The molecule has 0 aliphatic rings. The number of nitrogens with zero attached hydrogens (tertiary/aromatic N) is 1. The molecular weight excluding hydrogens is 236 g/mol. The fourth-order valence-corrected chi connectivity index (χ4v) is 2.26. The molecule has 0 aliphatic carbocycles. The largest absolute Gasteiger partial charge is 0.370 e. The molecule has 102 valence electrons. The summed E-state index contributed by atoms with van der Waals surface area (Å²) in [6.45, 7) is 5.79. The number of aliphatic imine (C=N–C) groups is 1. The van der Waals surface area contributed by atoms with Crippen LogP contribution >= 0.6 is 0 Å². The Bertz CT molecular complexity index is 569. The van der Waals surface area contributed by atoms with Crippen molar-refractivity contribution in [2.24, 2.45) is 10.7 Å². The minimum absolute atomic E-state index is 0.541. The molecule has 1 aromatic heterocycles. The van der Waals surface area contributed by atoms with E-state index < -0.39 is 0 Å². The molecule has 2 aromatic rings. The molecule has 4 heteroatoms. The number of benzene rings is 1. The molecule has 0 bridgehead atoms. The van der Waals surface area contributed by atoms with E-state index in [1.54, 1.807) is 0 Å². The van der Waals surface area contributed by atoms with Crippen LogP contribution in [0.1, 0.15) is 24.6 Å². The Morgan fingerprint density at radius 2 is 2.16 bits per heavy atom. The minimum Gasteiger partial charge on any atom is -0.370 e. The van der Waals surface area contributed by atoms with Crippen molar-refractivity contribution >= 4 is 16.9 Å². The molecule has 0 saturated heterocycles. The summed E-state index contributed by atoms with van der Waals surface area (Å²) in [6, 6.07) is 8.39. The van der Waals surface area contributed by atoms with E-state index in [0.29, 0.717) is 5.96 Å². The third-order valence-electron chi connectivity index (χ3n) is 3.21. The third-order valence-corrected chi connectivity index (χ3v) is 3.21. The van der Waals surface area contributed by atoms with Gasteiger partial charge in [-0.15, -0.1) is 0 Å². The number of hydrogen-bond acceptors (Lipinski definition) is 1. The second-order valence-corrected chi connectivity index (χ2v) is 4.72. The van der Waals surface area contributed by atoms with Crippen LogP contribution in [0.2, 0.25) is 0 Å². The molecule has 0 aliphatic heterocycles. The molecule has 1 aromatic carbocycles. The van der Waals surface area contributed by atoms with Gasteiger partial charge in [-0.2, -0.15) is 0 Å². The molecule has 4 nitrogen and oxygen atoms in total. The van der Waals surface area contributed by atoms with Crippen LogP contribution in [-0.2, 0) is 6.42 Å². The number of guanidine groups is 1. The van der Waals surface area contributed by atoms with Gasteiger partial charge in [0.1, 0.15) is 0 Å². The number of H-pyrrole nitrogens is 1. The van der Waals surface area contributed by atoms with Crippen molar-refractivity contribution in [3.05, 3.63) is 35.5 Å². The van der Waals surface area contributed by atoms with Crippen LogP contribution in [0.4, 0.5) is 0 Å². The van der Waals surface area contributed by atoms with Crippen LogP contribution in [0, 0.1) is 6.92 Å². The summed E-state index contributed by atoms with van der Waals surface area (Å²) in [5, 5.41) is 4.46. The van der Waals surface area contributed by atoms with Gasteiger partial charge in [0, 0.05) is 29.7 Å². The molecular formula is C15H22N4. The van der Waals surface area contributed by atoms with Gasteiger partial charge in [-0.1, -0.05) is 25.1 Å². The maximum absolute atomic E-state index is 5.78. The van der Waals surface area contributed by atoms with E-state index in [1.807, 2.05) is 0 Å². The van der Waals surface area contributed by atoms with Crippen molar-refractivity contribution in [3.8, 4) is 0 Å². The van der Waals surface area contributed by atoms with Crippen molar-refractivity contribution in [3.63, 3.8) is 0 Å². The minimum atomic E-state index is 0.541. The van der Waals surface area contributed by atoms with Crippen LogP contribution in [0.5, 0.6) is 0 Å². The van der Waals surface area contributed by atoms with Gasteiger partial charge in [-0.05, 0) is 31.4 Å². The highest BCUT2D eigenvalue weighted by atomic mass is 15.1. The first kappa shape index (κ1) is 13.5. The summed E-state index contributed by atoms with van der Waals surface area (Å²) in [6.07, 6.45) is 1.96. The lowest BCUT2D eigenvalue weighted by molar-refractivity contribution is 0.838. The molecule has 4 N–H and O–H groups in total. The Morgan fingerprint density at radius 1 is 1.37 bits per heavy atom. The maximum atomic E-state index is 5.78. The number of fused-ring (bicyclic) bond motifs is 1. The number of rotatable bonds is 5. The lowest BCUT2D eigenvalue weighted by Gasteiger charge is -2.06. The second-order valence-electron chi connectivity index (χ2n) is 4.72. The molecule has 0 radical (unpaired) electrons. The summed E-state index contributed by atoms with van der Waals surface area (Å²) in [7, 11) is 0. The number of aryl methyl sites for hydroxylation is 1. The number of nitrogens with two attached hydrogens (primary N) is 1. The number of nitrogens with one attached hydrogen (secondary N) is 2. The molecule has 1 heterocycles. The highest BCUT2D eigenvalue weighted by molar-refractivity contribution is 5.84. The molecule has 0 amide bonds. The van der Waals surface area contributed by atoms with Crippen molar-refractivity contribution in [1.29, 1.82) is 0 Å². The summed E-state index contributed by atoms with van der Waals surface area (Å²) in [4.78, 5) is 7.63. The molecule has 0 fully saturated rings. The number of hydrogen-bond donors (Lipinski definition) is 3. The van der Waals surface area contributed by atoms with Crippen molar-refractivity contribution in [2.45, 2.75) is 26.7 Å². The predicted octanol–water partition coefficient (Wildman–Crippen LogP) is 2.33. The Morgan fingerprint density at radius 3 is 2.95 bits per heavy atom. The van der Waals surface area contributed by atoms with E-state index in [1.165, 1.54) is 22.2 Å². The van der Waals surface area contributed by atoms with Crippen LogP contribution in [0.25, 0.3) is 10.9 Å². The molecule has 0 unspecified atom stereocenters.